The fourth-order valence-electron chi connectivity index (χ4n) is 4.18. The minimum atomic E-state index is -0.107. The molecule has 2 aromatic carbocycles. The van der Waals surface area contributed by atoms with Crippen molar-refractivity contribution in [3.8, 4) is 0 Å². The monoisotopic (exact) mass is 362 g/mol. The van der Waals surface area contributed by atoms with E-state index in [-0.39, 0.29) is 18.1 Å². The lowest BCUT2D eigenvalue weighted by molar-refractivity contribution is 0.0931. The van der Waals surface area contributed by atoms with Crippen LogP contribution in [0.15, 0.2) is 48.5 Å². The van der Waals surface area contributed by atoms with Crippen LogP contribution in [0.1, 0.15) is 46.6 Å². The largest absolute Gasteiger partial charge is 0.343 e. The van der Waals surface area contributed by atoms with Gasteiger partial charge < -0.3 is 9.88 Å². The molecule has 5 heteroatoms. The first kappa shape index (κ1) is 17.8. The highest BCUT2D eigenvalue weighted by molar-refractivity contribution is 5.95. The van der Waals surface area contributed by atoms with Crippen LogP contribution in [-0.2, 0) is 6.54 Å². The number of hydrogen-bond acceptors (Lipinski definition) is 3. The fourth-order valence-corrected chi connectivity index (χ4v) is 4.18. The van der Waals surface area contributed by atoms with Crippen LogP contribution in [-0.4, -0.2) is 16.6 Å². The van der Waals surface area contributed by atoms with Crippen LogP contribution in [0, 0.1) is 13.8 Å². The number of hydrogen-bond donors (Lipinski definition) is 3. The number of aryl methyl sites for hydroxylation is 3. The van der Waals surface area contributed by atoms with Crippen molar-refractivity contribution in [3.05, 3.63) is 70.9 Å². The molecular formula is C22H26N4O. The van der Waals surface area contributed by atoms with Crippen LogP contribution in [0.25, 0.3) is 10.9 Å². The lowest BCUT2D eigenvalue weighted by atomic mass is 10.0. The number of benzene rings is 2. The fraction of sp³-hybridized carbons (Fsp3) is 0.318. The molecule has 0 aliphatic carbocycles. The highest BCUT2D eigenvalue weighted by Crippen LogP contribution is 2.32. The number of aromatic nitrogens is 1. The van der Waals surface area contributed by atoms with Crippen LogP contribution >= 0.6 is 0 Å². The van der Waals surface area contributed by atoms with Gasteiger partial charge in [-0.15, -0.1) is 0 Å². The van der Waals surface area contributed by atoms with Gasteiger partial charge in [-0.25, -0.2) is 10.9 Å². The Hall–Kier alpha value is -2.63. The quantitative estimate of drug-likeness (QED) is 0.665. The summed E-state index contributed by atoms with van der Waals surface area (Å²) in [5.74, 6) is -0.0409. The highest BCUT2D eigenvalue weighted by Gasteiger charge is 2.30. The Labute approximate surface area is 159 Å². The smallest absolute Gasteiger partial charge is 0.252 e. The maximum Gasteiger partial charge on any atom is 0.252 e. The molecule has 1 amide bonds. The Morgan fingerprint density at radius 1 is 1.11 bits per heavy atom. The number of para-hydroxylation sites is 1. The van der Waals surface area contributed by atoms with Crippen molar-refractivity contribution in [2.24, 2.45) is 0 Å². The Morgan fingerprint density at radius 3 is 2.63 bits per heavy atom. The summed E-state index contributed by atoms with van der Waals surface area (Å²) in [5.41, 5.74) is 12.2. The number of nitrogens with zero attached hydrogens (tertiary/aromatic N) is 1. The first-order chi connectivity index (χ1) is 13.1. The van der Waals surface area contributed by atoms with Gasteiger partial charge in [0.25, 0.3) is 5.91 Å². The van der Waals surface area contributed by atoms with Crippen molar-refractivity contribution >= 4 is 16.8 Å². The van der Waals surface area contributed by atoms with E-state index in [2.05, 4.69) is 58.8 Å². The van der Waals surface area contributed by atoms with Gasteiger partial charge in [0.2, 0.25) is 0 Å². The summed E-state index contributed by atoms with van der Waals surface area (Å²) >= 11 is 0. The third-order valence-electron chi connectivity index (χ3n) is 5.52. The summed E-state index contributed by atoms with van der Waals surface area (Å²) in [4.78, 5) is 12.6. The summed E-state index contributed by atoms with van der Waals surface area (Å²) in [6, 6.07) is 16.4. The first-order valence-electron chi connectivity index (χ1n) is 9.55. The zero-order valence-corrected chi connectivity index (χ0v) is 16.0. The van der Waals surface area contributed by atoms with Crippen molar-refractivity contribution in [1.82, 2.24) is 20.7 Å². The molecule has 0 saturated carbocycles. The summed E-state index contributed by atoms with van der Waals surface area (Å²) in [7, 11) is 0. The van der Waals surface area contributed by atoms with E-state index in [4.69, 9.17) is 0 Å². The molecule has 1 aliphatic heterocycles. The molecule has 5 nitrogen and oxygen atoms in total. The van der Waals surface area contributed by atoms with Crippen molar-refractivity contribution < 1.29 is 4.79 Å². The normalized spacial score (nSPS) is 19.5. The zero-order valence-electron chi connectivity index (χ0n) is 16.0. The Kier molecular flexibility index (Phi) is 4.72. The average molecular weight is 362 g/mol. The van der Waals surface area contributed by atoms with Gasteiger partial charge in [-0.3, -0.25) is 4.79 Å². The molecule has 1 fully saturated rings. The van der Waals surface area contributed by atoms with Crippen molar-refractivity contribution in [3.63, 3.8) is 0 Å². The SMILES string of the molecule is CCn1c(C2CC(NC(=O)c3ccccc3C)NN2)c(C)c2ccccc21. The van der Waals surface area contributed by atoms with E-state index in [9.17, 15) is 4.79 Å². The van der Waals surface area contributed by atoms with Crippen molar-refractivity contribution in [1.29, 1.82) is 0 Å². The van der Waals surface area contributed by atoms with E-state index >= 15 is 0 Å². The lowest BCUT2D eigenvalue weighted by Gasteiger charge is -2.15. The zero-order chi connectivity index (χ0) is 19.0. The average Bonchev–Trinajstić information content (AvgIpc) is 3.24. The van der Waals surface area contributed by atoms with Gasteiger partial charge in [-0.1, -0.05) is 36.4 Å². The van der Waals surface area contributed by atoms with Gasteiger partial charge in [0.1, 0.15) is 0 Å². The molecular weight excluding hydrogens is 336 g/mol. The predicted octanol–water partition coefficient (Wildman–Crippen LogP) is 3.57. The van der Waals surface area contributed by atoms with Crippen LogP contribution in [0.2, 0.25) is 0 Å². The molecule has 2 atom stereocenters. The Balaban J connectivity index is 1.55. The van der Waals surface area contributed by atoms with E-state index in [0.717, 1.165) is 24.1 Å². The molecule has 0 bridgehead atoms. The molecule has 1 saturated heterocycles. The van der Waals surface area contributed by atoms with E-state index in [0.29, 0.717) is 0 Å². The van der Waals surface area contributed by atoms with Gasteiger partial charge in [-0.05, 0) is 44.0 Å². The number of nitrogens with one attached hydrogen (secondary N) is 3. The molecule has 27 heavy (non-hydrogen) atoms. The summed E-state index contributed by atoms with van der Waals surface area (Å²) < 4.78 is 2.37. The molecule has 140 valence electrons. The number of fused-ring (bicyclic) bond motifs is 1. The van der Waals surface area contributed by atoms with Crippen LogP contribution < -0.4 is 16.2 Å². The number of amides is 1. The second-order valence-electron chi connectivity index (χ2n) is 7.19. The molecule has 0 radical (unpaired) electrons. The minimum absolute atomic E-state index is 0.0409. The van der Waals surface area contributed by atoms with Crippen molar-refractivity contribution in [2.75, 3.05) is 0 Å². The number of rotatable bonds is 4. The predicted molar refractivity (Wildman–Crippen MR) is 108 cm³/mol. The van der Waals surface area contributed by atoms with Gasteiger partial charge in [0.05, 0.1) is 12.2 Å². The molecule has 2 unspecified atom stereocenters. The van der Waals surface area contributed by atoms with Crippen LogP contribution in [0.5, 0.6) is 0 Å². The van der Waals surface area contributed by atoms with E-state index in [1.54, 1.807) is 0 Å². The van der Waals surface area contributed by atoms with Crippen molar-refractivity contribution in [2.45, 2.75) is 45.9 Å². The van der Waals surface area contributed by atoms with Gasteiger partial charge in [0.15, 0.2) is 0 Å². The van der Waals surface area contributed by atoms with Crippen LogP contribution in [0.4, 0.5) is 0 Å². The standard InChI is InChI=1S/C22H26N4O/c1-4-26-19-12-8-7-11-17(19)15(3)21(26)18-13-20(25-24-18)23-22(27)16-10-6-5-9-14(16)2/h5-12,18,20,24-25H,4,13H2,1-3H3,(H,23,27). The van der Waals surface area contributed by atoms with Crippen LogP contribution in [0.3, 0.4) is 0 Å². The maximum absolute atomic E-state index is 12.6. The van der Waals surface area contributed by atoms with Gasteiger partial charge in [-0.2, -0.15) is 0 Å². The minimum Gasteiger partial charge on any atom is -0.343 e. The molecule has 4 rings (SSSR count). The van der Waals surface area contributed by atoms with E-state index < -0.39 is 0 Å². The van der Waals surface area contributed by atoms with Gasteiger partial charge in [0, 0.05) is 35.1 Å². The lowest BCUT2D eigenvalue weighted by Crippen LogP contribution is -2.44. The topological polar surface area (TPSA) is 58.1 Å². The third kappa shape index (κ3) is 3.13. The molecule has 0 spiro atoms. The number of carbonyl (C=O) groups is 1. The molecule has 1 aliphatic rings. The molecule has 3 N–H and O–H groups in total. The van der Waals surface area contributed by atoms with Gasteiger partial charge >= 0.3 is 0 Å². The summed E-state index contributed by atoms with van der Waals surface area (Å²) in [6.07, 6.45) is 0.694. The summed E-state index contributed by atoms with van der Waals surface area (Å²) in [6.45, 7) is 7.24. The third-order valence-corrected chi connectivity index (χ3v) is 5.52. The second-order valence-corrected chi connectivity index (χ2v) is 7.19. The highest BCUT2D eigenvalue weighted by atomic mass is 16.1. The van der Waals surface area contributed by atoms with E-state index in [1.807, 2.05) is 31.2 Å². The molecule has 1 aromatic heterocycles. The first-order valence-corrected chi connectivity index (χ1v) is 9.55. The molecule has 2 heterocycles. The summed E-state index contributed by atoms with van der Waals surface area (Å²) in [5, 5.41) is 4.40. The number of carbonyl (C=O) groups excluding carboxylic acids is 1. The Morgan fingerprint density at radius 2 is 1.85 bits per heavy atom. The maximum atomic E-state index is 12.6. The number of hydrazine groups is 1. The second kappa shape index (κ2) is 7.18. The van der Waals surface area contributed by atoms with E-state index in [1.165, 1.54) is 22.2 Å². The molecule has 3 aromatic rings. The Bertz CT molecular complexity index is 991.